The van der Waals surface area contributed by atoms with E-state index in [1.54, 1.807) is 13.3 Å². The molecule has 1 aliphatic heterocycles. The number of oxazole rings is 1. The highest BCUT2D eigenvalue weighted by Crippen LogP contribution is 2.29. The van der Waals surface area contributed by atoms with Gasteiger partial charge in [-0.15, -0.1) is 0 Å². The van der Waals surface area contributed by atoms with Gasteiger partial charge >= 0.3 is 6.03 Å². The molecular formula is C20H22N4O3. The number of urea groups is 1. The second-order valence-electron chi connectivity index (χ2n) is 6.64. The molecule has 3 aromatic rings. The van der Waals surface area contributed by atoms with Crippen LogP contribution in [0, 0.1) is 0 Å². The van der Waals surface area contributed by atoms with Crippen molar-refractivity contribution in [2.24, 2.45) is 0 Å². The Hall–Kier alpha value is -3.09. The molecule has 1 aliphatic rings. The predicted octanol–water partition coefficient (Wildman–Crippen LogP) is 3.32. The highest BCUT2D eigenvalue weighted by atomic mass is 16.5. The monoisotopic (exact) mass is 366 g/mol. The van der Waals surface area contributed by atoms with E-state index in [1.165, 1.54) is 0 Å². The maximum absolute atomic E-state index is 12.6. The lowest BCUT2D eigenvalue weighted by molar-refractivity contribution is 0.174. The van der Waals surface area contributed by atoms with Crippen molar-refractivity contribution in [2.75, 3.05) is 20.2 Å². The number of methoxy groups -OCH3 is 1. The number of carbonyl (C=O) groups is 1. The van der Waals surface area contributed by atoms with Crippen LogP contribution in [0.2, 0.25) is 0 Å². The standard InChI is InChI=1S/C20H22N4O3/c1-26-18-14(6-4-10-21-18)12-22-20(25)24-11-5-7-15(13-24)19-23-16-8-2-3-9-17(16)27-19/h2-4,6,8-10,15H,5,7,11-13H2,1H3,(H,22,25)/t15-/m1/s1. The first-order valence-electron chi connectivity index (χ1n) is 9.10. The highest BCUT2D eigenvalue weighted by molar-refractivity contribution is 5.74. The first kappa shape index (κ1) is 17.3. The number of likely N-dealkylation sites (tertiary alicyclic amines) is 1. The number of carbonyl (C=O) groups excluding carboxylic acids is 1. The minimum atomic E-state index is -0.0956. The van der Waals surface area contributed by atoms with Crippen molar-refractivity contribution in [3.63, 3.8) is 0 Å². The second kappa shape index (κ2) is 7.65. The van der Waals surface area contributed by atoms with Crippen LogP contribution >= 0.6 is 0 Å². The van der Waals surface area contributed by atoms with E-state index in [-0.39, 0.29) is 11.9 Å². The summed E-state index contributed by atoms with van der Waals surface area (Å²) in [5.74, 6) is 1.35. The molecule has 1 saturated heterocycles. The third kappa shape index (κ3) is 3.72. The fourth-order valence-electron chi connectivity index (χ4n) is 3.45. The summed E-state index contributed by atoms with van der Waals surface area (Å²) in [6, 6.07) is 11.4. The number of aromatic nitrogens is 2. The number of piperidine rings is 1. The Bertz CT molecular complexity index is 907. The van der Waals surface area contributed by atoms with Gasteiger partial charge in [-0.2, -0.15) is 0 Å². The van der Waals surface area contributed by atoms with E-state index in [4.69, 9.17) is 9.15 Å². The van der Waals surface area contributed by atoms with Crippen molar-refractivity contribution in [1.82, 2.24) is 20.2 Å². The number of fused-ring (bicyclic) bond motifs is 1. The van der Waals surface area contributed by atoms with Crippen molar-refractivity contribution >= 4 is 17.1 Å². The number of hydrogen-bond donors (Lipinski definition) is 1. The van der Waals surface area contributed by atoms with Gasteiger partial charge in [0.25, 0.3) is 0 Å². The van der Waals surface area contributed by atoms with Gasteiger partial charge < -0.3 is 19.4 Å². The molecule has 0 saturated carbocycles. The Balaban J connectivity index is 1.40. The summed E-state index contributed by atoms with van der Waals surface area (Å²) in [5.41, 5.74) is 2.50. The molecule has 0 aliphatic carbocycles. The third-order valence-corrected chi connectivity index (χ3v) is 4.84. The predicted molar refractivity (Wildman–Crippen MR) is 101 cm³/mol. The van der Waals surface area contributed by atoms with Crippen LogP contribution in [-0.2, 0) is 6.54 Å². The Morgan fingerprint density at radius 2 is 2.22 bits per heavy atom. The molecule has 1 atom stereocenters. The molecule has 7 heteroatoms. The van der Waals surface area contributed by atoms with Crippen LogP contribution in [0.5, 0.6) is 5.88 Å². The average molecular weight is 366 g/mol. The first-order valence-corrected chi connectivity index (χ1v) is 9.10. The van der Waals surface area contributed by atoms with E-state index >= 15 is 0 Å². The number of para-hydroxylation sites is 2. The molecule has 2 aromatic heterocycles. The summed E-state index contributed by atoms with van der Waals surface area (Å²) in [4.78, 5) is 23.2. The van der Waals surface area contributed by atoms with Gasteiger partial charge in [0.2, 0.25) is 5.88 Å². The minimum Gasteiger partial charge on any atom is -0.481 e. The number of benzene rings is 1. The highest BCUT2D eigenvalue weighted by Gasteiger charge is 2.28. The SMILES string of the molecule is COc1ncccc1CNC(=O)N1CCC[C@@H](c2nc3ccccc3o2)C1. The number of pyridine rings is 1. The number of rotatable bonds is 4. The van der Waals surface area contributed by atoms with E-state index in [9.17, 15) is 4.79 Å². The van der Waals surface area contributed by atoms with Gasteiger partial charge in [0.15, 0.2) is 11.5 Å². The summed E-state index contributed by atoms with van der Waals surface area (Å²) in [6.45, 7) is 1.70. The zero-order valence-electron chi connectivity index (χ0n) is 15.2. The van der Waals surface area contributed by atoms with E-state index in [1.807, 2.05) is 41.3 Å². The van der Waals surface area contributed by atoms with Gasteiger partial charge in [-0.3, -0.25) is 0 Å². The molecule has 1 fully saturated rings. The fourth-order valence-corrected chi connectivity index (χ4v) is 3.45. The Labute approximate surface area is 157 Å². The lowest BCUT2D eigenvalue weighted by Gasteiger charge is -2.31. The van der Waals surface area contributed by atoms with Crippen LogP contribution in [0.1, 0.15) is 30.2 Å². The number of amides is 2. The molecule has 0 radical (unpaired) electrons. The van der Waals surface area contributed by atoms with Crippen molar-refractivity contribution in [1.29, 1.82) is 0 Å². The van der Waals surface area contributed by atoms with E-state index in [0.29, 0.717) is 24.9 Å². The van der Waals surface area contributed by atoms with Gasteiger partial charge in [-0.05, 0) is 31.0 Å². The second-order valence-corrected chi connectivity index (χ2v) is 6.64. The number of nitrogens with one attached hydrogen (secondary N) is 1. The zero-order valence-corrected chi connectivity index (χ0v) is 15.2. The summed E-state index contributed by atoms with van der Waals surface area (Å²) < 4.78 is 11.1. The van der Waals surface area contributed by atoms with Crippen molar-refractivity contribution in [3.8, 4) is 5.88 Å². The summed E-state index contributed by atoms with van der Waals surface area (Å²) in [6.07, 6.45) is 3.56. The molecular weight excluding hydrogens is 344 g/mol. The van der Waals surface area contributed by atoms with Gasteiger partial charge in [0.05, 0.1) is 13.0 Å². The van der Waals surface area contributed by atoms with Crippen LogP contribution in [0.25, 0.3) is 11.1 Å². The molecule has 27 heavy (non-hydrogen) atoms. The average Bonchev–Trinajstić information content (AvgIpc) is 3.16. The summed E-state index contributed by atoms with van der Waals surface area (Å²) in [7, 11) is 1.57. The molecule has 1 aromatic carbocycles. The summed E-state index contributed by atoms with van der Waals surface area (Å²) in [5, 5.41) is 2.96. The maximum atomic E-state index is 12.6. The van der Waals surface area contributed by atoms with Crippen LogP contribution in [0.4, 0.5) is 4.79 Å². The largest absolute Gasteiger partial charge is 0.481 e. The molecule has 4 rings (SSSR count). The normalized spacial score (nSPS) is 17.1. The summed E-state index contributed by atoms with van der Waals surface area (Å²) >= 11 is 0. The fraction of sp³-hybridized carbons (Fsp3) is 0.350. The van der Waals surface area contributed by atoms with Crippen LogP contribution < -0.4 is 10.1 Å². The van der Waals surface area contributed by atoms with Crippen molar-refractivity contribution in [2.45, 2.75) is 25.3 Å². The van der Waals surface area contributed by atoms with Crippen molar-refractivity contribution < 1.29 is 13.9 Å². The molecule has 0 spiro atoms. The van der Waals surface area contributed by atoms with Crippen LogP contribution in [-0.4, -0.2) is 41.1 Å². The minimum absolute atomic E-state index is 0.0956. The third-order valence-electron chi connectivity index (χ3n) is 4.84. The molecule has 0 unspecified atom stereocenters. The number of ether oxygens (including phenoxy) is 1. The molecule has 1 N–H and O–H groups in total. The van der Waals surface area contributed by atoms with Gasteiger partial charge in [0, 0.05) is 31.4 Å². The van der Waals surface area contributed by atoms with E-state index < -0.39 is 0 Å². The quantitative estimate of drug-likeness (QED) is 0.766. The Morgan fingerprint density at radius 3 is 3.07 bits per heavy atom. The van der Waals surface area contributed by atoms with Crippen LogP contribution in [0.3, 0.4) is 0 Å². The molecule has 140 valence electrons. The van der Waals surface area contributed by atoms with E-state index in [2.05, 4.69) is 15.3 Å². The molecule has 2 amide bonds. The molecule has 0 bridgehead atoms. The topological polar surface area (TPSA) is 80.5 Å². The van der Waals surface area contributed by atoms with Crippen molar-refractivity contribution in [3.05, 3.63) is 54.0 Å². The molecule has 3 heterocycles. The number of hydrogen-bond acceptors (Lipinski definition) is 5. The van der Waals surface area contributed by atoms with Gasteiger partial charge in [0.1, 0.15) is 5.52 Å². The van der Waals surface area contributed by atoms with Gasteiger partial charge in [-0.1, -0.05) is 18.2 Å². The Morgan fingerprint density at radius 1 is 1.33 bits per heavy atom. The lowest BCUT2D eigenvalue weighted by atomic mass is 9.98. The zero-order chi connectivity index (χ0) is 18.6. The lowest BCUT2D eigenvalue weighted by Crippen LogP contribution is -2.44. The van der Waals surface area contributed by atoms with Crippen LogP contribution in [0.15, 0.2) is 47.0 Å². The Kier molecular flexibility index (Phi) is 4.91. The van der Waals surface area contributed by atoms with E-state index in [0.717, 1.165) is 36.0 Å². The molecule has 7 nitrogen and oxygen atoms in total. The first-order chi connectivity index (χ1) is 13.2. The smallest absolute Gasteiger partial charge is 0.317 e. The van der Waals surface area contributed by atoms with Gasteiger partial charge in [-0.25, -0.2) is 14.8 Å². The maximum Gasteiger partial charge on any atom is 0.317 e. The number of nitrogens with zero attached hydrogens (tertiary/aromatic N) is 3.